The average Bonchev–Trinajstić information content (AvgIpc) is 2.39. The molecular formula is C17H22N2O. The Morgan fingerprint density at radius 2 is 2.05 bits per heavy atom. The lowest BCUT2D eigenvalue weighted by Gasteiger charge is -2.09. The van der Waals surface area contributed by atoms with Crippen LogP contribution in [0.15, 0.2) is 42.6 Å². The largest absolute Gasteiger partial charge is 0.439 e. The highest BCUT2D eigenvalue weighted by atomic mass is 16.5. The van der Waals surface area contributed by atoms with Crippen LogP contribution in [0.4, 0.5) is 0 Å². The molecule has 0 radical (unpaired) electrons. The molecule has 1 heterocycles. The molecule has 106 valence electrons. The Morgan fingerprint density at radius 3 is 2.80 bits per heavy atom. The van der Waals surface area contributed by atoms with Crippen molar-refractivity contribution in [1.82, 2.24) is 10.3 Å². The summed E-state index contributed by atoms with van der Waals surface area (Å²) in [4.78, 5) is 4.26. The first kappa shape index (κ1) is 14.5. The smallest absolute Gasteiger partial charge is 0.219 e. The van der Waals surface area contributed by atoms with E-state index in [1.54, 1.807) is 6.20 Å². The molecule has 0 aliphatic heterocycles. The van der Waals surface area contributed by atoms with Crippen LogP contribution in [0.2, 0.25) is 0 Å². The zero-order valence-electron chi connectivity index (χ0n) is 12.4. The van der Waals surface area contributed by atoms with Gasteiger partial charge in [-0.2, -0.15) is 0 Å². The Morgan fingerprint density at radius 1 is 1.20 bits per heavy atom. The minimum Gasteiger partial charge on any atom is -0.439 e. The topological polar surface area (TPSA) is 34.1 Å². The van der Waals surface area contributed by atoms with Gasteiger partial charge in [0.25, 0.3) is 0 Å². The zero-order valence-corrected chi connectivity index (χ0v) is 12.4. The molecule has 1 aromatic heterocycles. The second kappa shape index (κ2) is 7.06. The molecule has 0 spiro atoms. The van der Waals surface area contributed by atoms with Crippen molar-refractivity contribution >= 4 is 0 Å². The zero-order chi connectivity index (χ0) is 14.4. The molecule has 0 unspecified atom stereocenters. The Kier molecular flexibility index (Phi) is 5.13. The standard InChI is InChI=1S/C17H22N2O/c1-13(2)11-18-12-15-7-8-19-17(10-15)20-16-6-4-5-14(3)9-16/h4-10,13,18H,11-12H2,1-3H3. The van der Waals surface area contributed by atoms with Crippen LogP contribution in [-0.4, -0.2) is 11.5 Å². The molecule has 2 aromatic rings. The molecule has 0 amide bonds. The van der Waals surface area contributed by atoms with Gasteiger partial charge in [0, 0.05) is 18.8 Å². The fraction of sp³-hybridized carbons (Fsp3) is 0.353. The molecule has 20 heavy (non-hydrogen) atoms. The predicted molar refractivity (Wildman–Crippen MR) is 82.0 cm³/mol. The Balaban J connectivity index is 1.99. The van der Waals surface area contributed by atoms with Crippen molar-refractivity contribution in [2.45, 2.75) is 27.3 Å². The van der Waals surface area contributed by atoms with Crippen molar-refractivity contribution in [3.8, 4) is 11.6 Å². The SMILES string of the molecule is Cc1cccc(Oc2cc(CNCC(C)C)ccn2)c1. The van der Waals surface area contributed by atoms with E-state index in [1.165, 1.54) is 11.1 Å². The molecule has 2 rings (SSSR count). The van der Waals surface area contributed by atoms with Gasteiger partial charge in [-0.15, -0.1) is 0 Å². The Labute approximate surface area is 121 Å². The Hall–Kier alpha value is -1.87. The quantitative estimate of drug-likeness (QED) is 0.863. The number of rotatable bonds is 6. The van der Waals surface area contributed by atoms with Gasteiger partial charge in [-0.25, -0.2) is 4.98 Å². The summed E-state index contributed by atoms with van der Waals surface area (Å²) in [5.74, 6) is 2.11. The molecule has 0 aliphatic carbocycles. The lowest BCUT2D eigenvalue weighted by molar-refractivity contribution is 0.461. The van der Waals surface area contributed by atoms with Crippen LogP contribution in [0.5, 0.6) is 11.6 Å². The molecule has 1 N–H and O–H groups in total. The van der Waals surface area contributed by atoms with Gasteiger partial charge in [0.1, 0.15) is 5.75 Å². The van der Waals surface area contributed by atoms with E-state index in [1.807, 2.05) is 43.3 Å². The van der Waals surface area contributed by atoms with Gasteiger partial charge >= 0.3 is 0 Å². The number of benzene rings is 1. The van der Waals surface area contributed by atoms with Crippen molar-refractivity contribution in [2.75, 3.05) is 6.54 Å². The summed E-state index contributed by atoms with van der Waals surface area (Å²) in [6, 6.07) is 12.0. The van der Waals surface area contributed by atoms with E-state index in [0.29, 0.717) is 11.8 Å². The van der Waals surface area contributed by atoms with Crippen LogP contribution in [0.3, 0.4) is 0 Å². The van der Waals surface area contributed by atoms with Gasteiger partial charge in [0.2, 0.25) is 5.88 Å². The summed E-state index contributed by atoms with van der Waals surface area (Å²) in [7, 11) is 0. The average molecular weight is 270 g/mol. The number of ether oxygens (including phenoxy) is 1. The fourth-order valence-corrected chi connectivity index (χ4v) is 1.92. The van der Waals surface area contributed by atoms with E-state index < -0.39 is 0 Å². The van der Waals surface area contributed by atoms with E-state index in [2.05, 4.69) is 24.1 Å². The van der Waals surface area contributed by atoms with E-state index in [9.17, 15) is 0 Å². The highest BCUT2D eigenvalue weighted by molar-refractivity contribution is 5.31. The number of aromatic nitrogens is 1. The molecule has 0 fully saturated rings. The number of nitrogens with zero attached hydrogens (tertiary/aromatic N) is 1. The second-order valence-electron chi connectivity index (χ2n) is 5.45. The van der Waals surface area contributed by atoms with E-state index in [4.69, 9.17) is 4.74 Å². The highest BCUT2D eigenvalue weighted by Gasteiger charge is 2.01. The Bertz CT molecular complexity index is 552. The van der Waals surface area contributed by atoms with Crippen LogP contribution in [0.25, 0.3) is 0 Å². The summed E-state index contributed by atoms with van der Waals surface area (Å²) >= 11 is 0. The third kappa shape index (κ3) is 4.67. The minimum atomic E-state index is 0.638. The maximum absolute atomic E-state index is 5.79. The van der Waals surface area contributed by atoms with Crippen LogP contribution in [-0.2, 0) is 6.54 Å². The van der Waals surface area contributed by atoms with Crippen LogP contribution >= 0.6 is 0 Å². The maximum Gasteiger partial charge on any atom is 0.219 e. The van der Waals surface area contributed by atoms with Gasteiger partial charge in [0.05, 0.1) is 0 Å². The molecule has 1 aromatic carbocycles. The number of aryl methyl sites for hydroxylation is 1. The molecule has 0 bridgehead atoms. The first-order chi connectivity index (χ1) is 9.63. The number of nitrogens with one attached hydrogen (secondary N) is 1. The predicted octanol–water partition coefficient (Wildman–Crippen LogP) is 3.93. The number of hydrogen-bond donors (Lipinski definition) is 1. The van der Waals surface area contributed by atoms with Gasteiger partial charge < -0.3 is 10.1 Å². The van der Waals surface area contributed by atoms with Crippen molar-refractivity contribution in [2.24, 2.45) is 5.92 Å². The van der Waals surface area contributed by atoms with E-state index in [0.717, 1.165) is 18.8 Å². The molecule has 3 nitrogen and oxygen atoms in total. The minimum absolute atomic E-state index is 0.638. The number of pyridine rings is 1. The van der Waals surface area contributed by atoms with Crippen LogP contribution in [0, 0.1) is 12.8 Å². The van der Waals surface area contributed by atoms with Crippen molar-refractivity contribution in [3.63, 3.8) is 0 Å². The van der Waals surface area contributed by atoms with E-state index >= 15 is 0 Å². The molecular weight excluding hydrogens is 248 g/mol. The van der Waals surface area contributed by atoms with Gasteiger partial charge in [-0.05, 0) is 48.7 Å². The first-order valence-electron chi connectivity index (χ1n) is 7.03. The number of hydrogen-bond acceptors (Lipinski definition) is 3. The van der Waals surface area contributed by atoms with Gasteiger partial charge in [-0.3, -0.25) is 0 Å². The monoisotopic (exact) mass is 270 g/mol. The summed E-state index contributed by atoms with van der Waals surface area (Å²) in [6.45, 7) is 8.30. The third-order valence-corrected chi connectivity index (χ3v) is 2.89. The second-order valence-corrected chi connectivity index (χ2v) is 5.45. The maximum atomic E-state index is 5.79. The lowest BCUT2D eigenvalue weighted by Crippen LogP contribution is -2.18. The first-order valence-corrected chi connectivity index (χ1v) is 7.03. The molecule has 0 saturated heterocycles. The summed E-state index contributed by atoms with van der Waals surface area (Å²) in [5.41, 5.74) is 2.36. The molecule has 0 aliphatic rings. The summed E-state index contributed by atoms with van der Waals surface area (Å²) in [5, 5.41) is 3.42. The van der Waals surface area contributed by atoms with Crippen molar-refractivity contribution in [1.29, 1.82) is 0 Å². The van der Waals surface area contributed by atoms with Crippen molar-refractivity contribution < 1.29 is 4.74 Å². The summed E-state index contributed by atoms with van der Waals surface area (Å²) in [6.07, 6.45) is 1.79. The van der Waals surface area contributed by atoms with E-state index in [-0.39, 0.29) is 0 Å². The lowest BCUT2D eigenvalue weighted by atomic mass is 10.2. The summed E-state index contributed by atoms with van der Waals surface area (Å²) < 4.78 is 5.79. The molecule has 3 heteroatoms. The third-order valence-electron chi connectivity index (χ3n) is 2.89. The molecule has 0 saturated carbocycles. The van der Waals surface area contributed by atoms with Crippen LogP contribution in [0.1, 0.15) is 25.0 Å². The van der Waals surface area contributed by atoms with Gasteiger partial charge in [0.15, 0.2) is 0 Å². The fourth-order valence-electron chi connectivity index (χ4n) is 1.92. The molecule has 0 atom stereocenters. The van der Waals surface area contributed by atoms with Crippen LogP contribution < -0.4 is 10.1 Å². The normalized spacial score (nSPS) is 10.8. The van der Waals surface area contributed by atoms with Crippen molar-refractivity contribution in [3.05, 3.63) is 53.7 Å². The van der Waals surface area contributed by atoms with Gasteiger partial charge in [-0.1, -0.05) is 26.0 Å². The highest BCUT2D eigenvalue weighted by Crippen LogP contribution is 2.20.